The first-order chi connectivity index (χ1) is 7.54. The van der Waals surface area contributed by atoms with E-state index in [9.17, 15) is 9.90 Å². The minimum Gasteiger partial charge on any atom is -0.508 e. The molecule has 88 valence electrons. The lowest BCUT2D eigenvalue weighted by Gasteiger charge is -2.17. The number of phenolic OH excluding ortho intramolecular Hbond substituents is 1. The van der Waals surface area contributed by atoms with Crippen LogP contribution >= 0.6 is 0 Å². The fourth-order valence-electron chi connectivity index (χ4n) is 1.32. The summed E-state index contributed by atoms with van der Waals surface area (Å²) in [5, 5.41) is 12.1. The van der Waals surface area contributed by atoms with E-state index >= 15 is 0 Å². The Morgan fingerprint density at radius 3 is 2.69 bits per heavy atom. The average Bonchev–Trinajstić information content (AvgIpc) is 2.27. The van der Waals surface area contributed by atoms with Crippen molar-refractivity contribution < 1.29 is 14.6 Å². The molecule has 4 heteroatoms. The zero-order valence-electron chi connectivity index (χ0n) is 9.73. The van der Waals surface area contributed by atoms with Crippen molar-refractivity contribution in [3.8, 4) is 5.75 Å². The van der Waals surface area contributed by atoms with E-state index in [1.807, 2.05) is 13.0 Å². The number of carbonyl (C=O) groups is 1. The van der Waals surface area contributed by atoms with Crippen LogP contribution in [0.2, 0.25) is 0 Å². The standard InChI is InChI=1S/C12H17NO3/c1-8(13-12(15)9(2)16-3)10-5-4-6-11(14)7-10/h4-9,14H,1-3H3,(H,13,15). The van der Waals surface area contributed by atoms with Crippen molar-refractivity contribution in [1.82, 2.24) is 5.32 Å². The maximum atomic E-state index is 11.5. The minimum atomic E-state index is -0.472. The highest BCUT2D eigenvalue weighted by atomic mass is 16.5. The van der Waals surface area contributed by atoms with E-state index in [1.165, 1.54) is 7.11 Å². The quantitative estimate of drug-likeness (QED) is 0.815. The van der Waals surface area contributed by atoms with E-state index in [0.717, 1.165) is 5.56 Å². The minimum absolute atomic E-state index is 0.155. The SMILES string of the molecule is COC(C)C(=O)NC(C)c1cccc(O)c1. The van der Waals surface area contributed by atoms with Crippen molar-refractivity contribution in [2.45, 2.75) is 26.0 Å². The topological polar surface area (TPSA) is 58.6 Å². The number of hydrogen-bond acceptors (Lipinski definition) is 3. The molecule has 1 amide bonds. The van der Waals surface area contributed by atoms with Gasteiger partial charge in [0.1, 0.15) is 11.9 Å². The number of benzene rings is 1. The Bertz CT molecular complexity index is 365. The summed E-state index contributed by atoms with van der Waals surface area (Å²) < 4.78 is 4.91. The molecule has 0 saturated carbocycles. The molecular formula is C12H17NO3. The second kappa shape index (κ2) is 5.51. The van der Waals surface area contributed by atoms with Gasteiger partial charge in [-0.3, -0.25) is 4.79 Å². The van der Waals surface area contributed by atoms with E-state index in [4.69, 9.17) is 4.74 Å². The van der Waals surface area contributed by atoms with Gasteiger partial charge in [0, 0.05) is 7.11 Å². The number of rotatable bonds is 4. The first-order valence-electron chi connectivity index (χ1n) is 5.16. The van der Waals surface area contributed by atoms with Gasteiger partial charge in [-0.15, -0.1) is 0 Å². The first kappa shape index (κ1) is 12.5. The molecule has 0 saturated heterocycles. The number of nitrogens with one attached hydrogen (secondary N) is 1. The maximum absolute atomic E-state index is 11.5. The number of hydrogen-bond donors (Lipinski definition) is 2. The normalized spacial score (nSPS) is 14.2. The summed E-state index contributed by atoms with van der Waals surface area (Å²) in [4.78, 5) is 11.5. The molecule has 2 unspecified atom stereocenters. The molecule has 1 rings (SSSR count). The van der Waals surface area contributed by atoms with E-state index < -0.39 is 6.10 Å². The van der Waals surface area contributed by atoms with Gasteiger partial charge in [-0.05, 0) is 31.5 Å². The van der Waals surface area contributed by atoms with Gasteiger partial charge >= 0.3 is 0 Å². The second-order valence-electron chi connectivity index (χ2n) is 3.70. The first-order valence-corrected chi connectivity index (χ1v) is 5.16. The summed E-state index contributed by atoms with van der Waals surface area (Å²) in [6.07, 6.45) is -0.472. The van der Waals surface area contributed by atoms with Gasteiger partial charge in [-0.25, -0.2) is 0 Å². The lowest BCUT2D eigenvalue weighted by atomic mass is 10.1. The zero-order chi connectivity index (χ0) is 12.1. The number of aromatic hydroxyl groups is 1. The van der Waals surface area contributed by atoms with Crippen LogP contribution in [-0.4, -0.2) is 24.2 Å². The van der Waals surface area contributed by atoms with Gasteiger partial charge in [-0.1, -0.05) is 12.1 Å². The summed E-state index contributed by atoms with van der Waals surface area (Å²) in [7, 11) is 1.49. The van der Waals surface area contributed by atoms with Crippen LogP contribution in [0.5, 0.6) is 5.75 Å². The Morgan fingerprint density at radius 1 is 1.44 bits per heavy atom. The molecule has 1 aromatic rings. The van der Waals surface area contributed by atoms with Crippen LogP contribution in [0.1, 0.15) is 25.5 Å². The Kier molecular flexibility index (Phi) is 4.31. The molecule has 0 fully saturated rings. The summed E-state index contributed by atoms with van der Waals surface area (Å²) in [6.45, 7) is 3.54. The third-order valence-corrected chi connectivity index (χ3v) is 2.45. The van der Waals surface area contributed by atoms with Gasteiger partial charge in [0.05, 0.1) is 6.04 Å². The monoisotopic (exact) mass is 223 g/mol. The number of methoxy groups -OCH3 is 1. The number of amides is 1. The van der Waals surface area contributed by atoms with Crippen molar-refractivity contribution in [2.24, 2.45) is 0 Å². The summed E-state index contributed by atoms with van der Waals surface area (Å²) in [5.74, 6) is 0.0248. The van der Waals surface area contributed by atoms with Gasteiger partial charge in [0.25, 0.3) is 0 Å². The Hall–Kier alpha value is -1.55. The molecular weight excluding hydrogens is 206 g/mol. The van der Waals surface area contributed by atoms with E-state index in [2.05, 4.69) is 5.32 Å². The highest BCUT2D eigenvalue weighted by Crippen LogP contribution is 2.17. The third-order valence-electron chi connectivity index (χ3n) is 2.45. The molecule has 0 radical (unpaired) electrons. The Labute approximate surface area is 95.2 Å². The lowest BCUT2D eigenvalue weighted by Crippen LogP contribution is -2.35. The largest absolute Gasteiger partial charge is 0.508 e. The predicted octanol–water partition coefficient (Wildman–Crippen LogP) is 1.60. The van der Waals surface area contributed by atoms with Gasteiger partial charge in [0.15, 0.2) is 0 Å². The van der Waals surface area contributed by atoms with Crippen LogP contribution in [-0.2, 0) is 9.53 Å². The molecule has 4 nitrogen and oxygen atoms in total. The summed E-state index contributed by atoms with van der Waals surface area (Å²) >= 11 is 0. The van der Waals surface area contributed by atoms with E-state index in [0.29, 0.717) is 0 Å². The Morgan fingerprint density at radius 2 is 2.12 bits per heavy atom. The van der Waals surface area contributed by atoms with Gasteiger partial charge in [-0.2, -0.15) is 0 Å². The number of ether oxygens (including phenoxy) is 1. The second-order valence-corrected chi connectivity index (χ2v) is 3.70. The van der Waals surface area contributed by atoms with E-state index in [1.54, 1.807) is 25.1 Å². The lowest BCUT2D eigenvalue weighted by molar-refractivity contribution is -0.130. The molecule has 0 aromatic heterocycles. The average molecular weight is 223 g/mol. The number of carbonyl (C=O) groups excluding carboxylic acids is 1. The summed E-state index contributed by atoms with van der Waals surface area (Å²) in [6, 6.07) is 6.66. The molecule has 0 heterocycles. The van der Waals surface area contributed by atoms with Crippen molar-refractivity contribution >= 4 is 5.91 Å². The molecule has 0 aliphatic carbocycles. The van der Waals surface area contributed by atoms with Crippen LogP contribution in [0.25, 0.3) is 0 Å². The van der Waals surface area contributed by atoms with E-state index in [-0.39, 0.29) is 17.7 Å². The van der Waals surface area contributed by atoms with Crippen molar-refractivity contribution in [3.63, 3.8) is 0 Å². The van der Waals surface area contributed by atoms with Crippen LogP contribution in [0.4, 0.5) is 0 Å². The smallest absolute Gasteiger partial charge is 0.249 e. The number of phenols is 1. The highest BCUT2D eigenvalue weighted by Gasteiger charge is 2.15. The predicted molar refractivity (Wildman–Crippen MR) is 61.1 cm³/mol. The molecule has 0 spiro atoms. The summed E-state index contributed by atoms with van der Waals surface area (Å²) in [5.41, 5.74) is 0.858. The third kappa shape index (κ3) is 3.24. The fourth-order valence-corrected chi connectivity index (χ4v) is 1.32. The van der Waals surface area contributed by atoms with Gasteiger partial charge in [0.2, 0.25) is 5.91 Å². The fraction of sp³-hybridized carbons (Fsp3) is 0.417. The van der Waals surface area contributed by atoms with Crippen LogP contribution in [0.15, 0.2) is 24.3 Å². The molecule has 2 N–H and O–H groups in total. The van der Waals surface area contributed by atoms with Crippen LogP contribution < -0.4 is 5.32 Å². The molecule has 16 heavy (non-hydrogen) atoms. The maximum Gasteiger partial charge on any atom is 0.249 e. The van der Waals surface area contributed by atoms with Crippen molar-refractivity contribution in [3.05, 3.63) is 29.8 Å². The Balaban J connectivity index is 2.65. The van der Waals surface area contributed by atoms with Crippen LogP contribution in [0, 0.1) is 0 Å². The molecule has 0 aliphatic heterocycles. The molecule has 2 atom stereocenters. The van der Waals surface area contributed by atoms with Crippen molar-refractivity contribution in [1.29, 1.82) is 0 Å². The van der Waals surface area contributed by atoms with Crippen LogP contribution in [0.3, 0.4) is 0 Å². The van der Waals surface area contributed by atoms with Gasteiger partial charge < -0.3 is 15.2 Å². The molecule has 0 aliphatic rings. The van der Waals surface area contributed by atoms with Crippen molar-refractivity contribution in [2.75, 3.05) is 7.11 Å². The molecule has 1 aromatic carbocycles. The highest BCUT2D eigenvalue weighted by molar-refractivity contribution is 5.80. The molecule has 0 bridgehead atoms. The zero-order valence-corrected chi connectivity index (χ0v) is 9.73.